The summed E-state index contributed by atoms with van der Waals surface area (Å²) in [7, 11) is -3.86. The second-order valence-corrected chi connectivity index (χ2v) is 9.36. The number of benzene rings is 3. The van der Waals surface area contributed by atoms with E-state index in [1.165, 1.54) is 12.1 Å². The molecular formula is C23H21ClFN3O2S. The van der Waals surface area contributed by atoms with Gasteiger partial charge in [-0.2, -0.15) is 0 Å². The average molecular weight is 458 g/mol. The molecule has 0 spiro atoms. The van der Waals surface area contributed by atoms with Crippen molar-refractivity contribution >= 4 is 32.7 Å². The molecule has 1 unspecified atom stereocenters. The normalized spacial score (nSPS) is 12.9. The fourth-order valence-corrected chi connectivity index (χ4v) is 4.89. The molecule has 0 bridgehead atoms. The van der Waals surface area contributed by atoms with Crippen LogP contribution >= 0.6 is 11.6 Å². The van der Waals surface area contributed by atoms with Gasteiger partial charge in [-0.05, 0) is 60.5 Å². The Bertz CT molecular complexity index is 1300. The molecule has 1 atom stereocenters. The van der Waals surface area contributed by atoms with Crippen LogP contribution in [-0.2, 0) is 16.6 Å². The van der Waals surface area contributed by atoms with Crippen molar-refractivity contribution in [1.29, 1.82) is 0 Å². The molecule has 0 saturated carbocycles. The Kier molecular flexibility index (Phi) is 6.09. The second kappa shape index (κ2) is 8.78. The van der Waals surface area contributed by atoms with Crippen molar-refractivity contribution < 1.29 is 12.8 Å². The summed E-state index contributed by atoms with van der Waals surface area (Å²) >= 11 is 6.01. The van der Waals surface area contributed by atoms with Crippen LogP contribution < -0.4 is 4.72 Å². The molecule has 4 rings (SSSR count). The van der Waals surface area contributed by atoms with Gasteiger partial charge in [0.15, 0.2) is 0 Å². The van der Waals surface area contributed by atoms with Gasteiger partial charge in [0.25, 0.3) is 0 Å². The van der Waals surface area contributed by atoms with E-state index in [2.05, 4.69) is 4.72 Å². The predicted octanol–water partition coefficient (Wildman–Crippen LogP) is 5.31. The highest BCUT2D eigenvalue weighted by atomic mass is 35.5. The molecule has 5 nitrogen and oxygen atoms in total. The first-order chi connectivity index (χ1) is 14.9. The predicted molar refractivity (Wildman–Crippen MR) is 120 cm³/mol. The lowest BCUT2D eigenvalue weighted by atomic mass is 10.2. The van der Waals surface area contributed by atoms with Gasteiger partial charge in [0.1, 0.15) is 11.6 Å². The number of nitrogens with zero attached hydrogens (tertiary/aromatic N) is 2. The maximum absolute atomic E-state index is 13.2. The molecule has 0 amide bonds. The number of para-hydroxylation sites is 2. The van der Waals surface area contributed by atoms with Crippen molar-refractivity contribution in [3.63, 3.8) is 0 Å². The number of sulfonamides is 1. The smallest absolute Gasteiger partial charge is 0.241 e. The van der Waals surface area contributed by atoms with E-state index < -0.39 is 21.9 Å². The van der Waals surface area contributed by atoms with E-state index in [0.717, 1.165) is 28.7 Å². The molecule has 0 aliphatic carbocycles. The Balaban J connectivity index is 1.74. The SMILES string of the molecule is CCC(NS(=O)(=O)c1ccc(F)cc1)c1nc2ccccc2n1Cc1ccc(Cl)cc1. The molecule has 0 radical (unpaired) electrons. The molecule has 31 heavy (non-hydrogen) atoms. The fourth-order valence-electron chi connectivity index (χ4n) is 3.49. The molecule has 160 valence electrons. The number of hydrogen-bond donors (Lipinski definition) is 1. The number of imidazole rings is 1. The first-order valence-corrected chi connectivity index (χ1v) is 11.7. The van der Waals surface area contributed by atoms with Crippen molar-refractivity contribution in [2.45, 2.75) is 30.8 Å². The van der Waals surface area contributed by atoms with Crippen LogP contribution in [0.4, 0.5) is 4.39 Å². The summed E-state index contributed by atoms with van der Waals surface area (Å²) in [5.74, 6) is 0.125. The molecule has 4 aromatic rings. The number of nitrogens with one attached hydrogen (secondary N) is 1. The number of aromatic nitrogens is 2. The minimum absolute atomic E-state index is 0.00714. The summed E-state index contributed by atoms with van der Waals surface area (Å²) in [6, 6.07) is 19.4. The van der Waals surface area contributed by atoms with Gasteiger partial charge in [0.05, 0.1) is 22.0 Å². The minimum Gasteiger partial charge on any atom is -0.322 e. The van der Waals surface area contributed by atoms with Gasteiger partial charge in [-0.1, -0.05) is 42.8 Å². The van der Waals surface area contributed by atoms with Gasteiger partial charge in [-0.15, -0.1) is 0 Å². The summed E-state index contributed by atoms with van der Waals surface area (Å²) in [6.45, 7) is 2.41. The van der Waals surface area contributed by atoms with E-state index in [1.54, 1.807) is 0 Å². The van der Waals surface area contributed by atoms with Crippen molar-refractivity contribution in [1.82, 2.24) is 14.3 Å². The number of fused-ring (bicyclic) bond motifs is 1. The minimum atomic E-state index is -3.86. The van der Waals surface area contributed by atoms with Crippen LogP contribution in [0.2, 0.25) is 5.02 Å². The van der Waals surface area contributed by atoms with Crippen molar-refractivity contribution in [2.75, 3.05) is 0 Å². The van der Waals surface area contributed by atoms with E-state index in [1.807, 2.05) is 60.0 Å². The highest BCUT2D eigenvalue weighted by Gasteiger charge is 2.25. The average Bonchev–Trinajstić information content (AvgIpc) is 3.12. The van der Waals surface area contributed by atoms with Crippen LogP contribution in [-0.4, -0.2) is 18.0 Å². The Morgan fingerprint density at radius 3 is 2.39 bits per heavy atom. The Morgan fingerprint density at radius 1 is 1.03 bits per heavy atom. The molecular weight excluding hydrogens is 437 g/mol. The number of halogens is 2. The third kappa shape index (κ3) is 4.63. The molecule has 0 fully saturated rings. The van der Waals surface area contributed by atoms with Gasteiger partial charge in [0, 0.05) is 11.6 Å². The van der Waals surface area contributed by atoms with Gasteiger partial charge >= 0.3 is 0 Å². The summed E-state index contributed by atoms with van der Waals surface area (Å²) in [4.78, 5) is 4.75. The van der Waals surface area contributed by atoms with Crippen LogP contribution in [0.15, 0.2) is 77.7 Å². The molecule has 3 aromatic carbocycles. The molecule has 0 saturated heterocycles. The van der Waals surface area contributed by atoms with Gasteiger partial charge < -0.3 is 4.57 Å². The largest absolute Gasteiger partial charge is 0.322 e. The van der Waals surface area contributed by atoms with E-state index in [9.17, 15) is 12.8 Å². The van der Waals surface area contributed by atoms with Crippen LogP contribution in [0.1, 0.15) is 30.8 Å². The van der Waals surface area contributed by atoms with Crippen molar-refractivity contribution in [3.8, 4) is 0 Å². The van der Waals surface area contributed by atoms with E-state index in [4.69, 9.17) is 16.6 Å². The Morgan fingerprint density at radius 2 is 1.71 bits per heavy atom. The van der Waals surface area contributed by atoms with Gasteiger partial charge in [-0.3, -0.25) is 0 Å². The molecule has 0 aliphatic heterocycles. The summed E-state index contributed by atoms with van der Waals surface area (Å²) < 4.78 is 43.8. The fraction of sp³-hybridized carbons (Fsp3) is 0.174. The van der Waals surface area contributed by atoms with Crippen LogP contribution in [0.25, 0.3) is 11.0 Å². The molecule has 0 aliphatic rings. The zero-order chi connectivity index (χ0) is 22.0. The summed E-state index contributed by atoms with van der Waals surface area (Å²) in [6.07, 6.45) is 0.490. The molecule has 1 heterocycles. The highest BCUT2D eigenvalue weighted by Crippen LogP contribution is 2.26. The highest BCUT2D eigenvalue weighted by molar-refractivity contribution is 7.89. The topological polar surface area (TPSA) is 64.0 Å². The lowest BCUT2D eigenvalue weighted by Gasteiger charge is -2.19. The first-order valence-electron chi connectivity index (χ1n) is 9.85. The lowest BCUT2D eigenvalue weighted by molar-refractivity contribution is 0.524. The Labute approximate surface area is 185 Å². The zero-order valence-corrected chi connectivity index (χ0v) is 18.4. The van der Waals surface area contributed by atoms with Crippen LogP contribution in [0.5, 0.6) is 0 Å². The van der Waals surface area contributed by atoms with E-state index in [0.29, 0.717) is 23.8 Å². The van der Waals surface area contributed by atoms with E-state index in [-0.39, 0.29) is 4.90 Å². The standard InChI is InChI=1S/C23H21ClFN3O2S/c1-2-20(27-31(29,30)19-13-11-18(25)12-14-19)23-26-21-5-3-4-6-22(21)28(23)15-16-7-9-17(24)10-8-16/h3-14,20,27H,2,15H2,1H3. The third-order valence-corrected chi connectivity index (χ3v) is 6.82. The van der Waals surface area contributed by atoms with Gasteiger partial charge in [-0.25, -0.2) is 22.5 Å². The second-order valence-electron chi connectivity index (χ2n) is 7.21. The van der Waals surface area contributed by atoms with Crippen LogP contribution in [0.3, 0.4) is 0 Å². The quantitative estimate of drug-likeness (QED) is 0.409. The molecule has 1 N–H and O–H groups in total. The first kappa shape index (κ1) is 21.5. The number of hydrogen-bond acceptors (Lipinski definition) is 3. The van der Waals surface area contributed by atoms with E-state index >= 15 is 0 Å². The number of rotatable bonds is 7. The van der Waals surface area contributed by atoms with Crippen LogP contribution in [0, 0.1) is 5.82 Å². The molecule has 8 heteroatoms. The van der Waals surface area contributed by atoms with Gasteiger partial charge in [0.2, 0.25) is 10.0 Å². The van der Waals surface area contributed by atoms with Crippen molar-refractivity contribution in [2.24, 2.45) is 0 Å². The third-order valence-electron chi connectivity index (χ3n) is 5.08. The zero-order valence-electron chi connectivity index (χ0n) is 16.8. The Hall–Kier alpha value is -2.74. The summed E-state index contributed by atoms with van der Waals surface area (Å²) in [5, 5.41) is 0.651. The maximum Gasteiger partial charge on any atom is 0.241 e. The van der Waals surface area contributed by atoms with Crippen molar-refractivity contribution in [3.05, 3.63) is 95.0 Å². The monoisotopic (exact) mass is 457 g/mol. The lowest BCUT2D eigenvalue weighted by Crippen LogP contribution is -2.30. The summed E-state index contributed by atoms with van der Waals surface area (Å²) in [5.41, 5.74) is 2.71. The molecule has 1 aromatic heterocycles. The maximum atomic E-state index is 13.2.